The highest BCUT2D eigenvalue weighted by Gasteiger charge is 2.46. The maximum absolute atomic E-state index is 15.3. The molecule has 0 bridgehead atoms. The third-order valence-electron chi connectivity index (χ3n) is 12.2. The van der Waals surface area contributed by atoms with Crippen LogP contribution < -0.4 is 25.2 Å². The summed E-state index contributed by atoms with van der Waals surface area (Å²) in [7, 11) is -2.15. The molecule has 1 atom stereocenters. The molecule has 3 aromatic carbocycles. The number of piperazine rings is 1. The summed E-state index contributed by atoms with van der Waals surface area (Å²) in [6, 6.07) is 15.9. The highest BCUT2D eigenvalue weighted by atomic mass is 32.2. The minimum Gasteiger partial charge on any atom is -0.371 e. The van der Waals surface area contributed by atoms with Gasteiger partial charge in [0.2, 0.25) is 27.8 Å². The van der Waals surface area contributed by atoms with Gasteiger partial charge in [0, 0.05) is 89.4 Å². The molecule has 4 aliphatic heterocycles. The van der Waals surface area contributed by atoms with Crippen LogP contribution in [0.1, 0.15) is 63.1 Å². The average molecular weight is 907 g/mol. The number of amides is 4. The van der Waals surface area contributed by atoms with Gasteiger partial charge in [-0.05, 0) is 78.9 Å². The quantitative estimate of drug-likeness (QED) is 0.133. The number of nitrogens with one attached hydrogen (secondary N) is 3. The maximum Gasteiger partial charge on any atom is 0.421 e. The molecule has 3 saturated heterocycles. The number of nitrogens with zero attached hydrogens (tertiary/aromatic N) is 7. The van der Waals surface area contributed by atoms with Crippen molar-refractivity contribution in [3.8, 4) is 0 Å². The first-order chi connectivity index (χ1) is 30.4. The van der Waals surface area contributed by atoms with Gasteiger partial charge in [-0.25, -0.2) is 17.8 Å². The molecule has 4 aliphatic rings. The predicted octanol–water partition coefficient (Wildman–Crippen LogP) is 4.57. The first kappa shape index (κ1) is 44.4. The fraction of sp³-hybridized carbons (Fsp3) is 0.395. The van der Waals surface area contributed by atoms with Crippen LogP contribution in [0.4, 0.5) is 46.4 Å². The van der Waals surface area contributed by atoms with Crippen LogP contribution in [0.2, 0.25) is 0 Å². The van der Waals surface area contributed by atoms with Crippen LogP contribution in [0.25, 0.3) is 0 Å². The van der Waals surface area contributed by atoms with Crippen LogP contribution >= 0.6 is 0 Å². The van der Waals surface area contributed by atoms with Crippen LogP contribution in [0, 0.1) is 5.82 Å². The van der Waals surface area contributed by atoms with E-state index in [1.807, 2.05) is 24.3 Å². The number of aromatic nitrogens is 2. The second-order valence-electron chi connectivity index (χ2n) is 16.4. The van der Waals surface area contributed by atoms with E-state index in [2.05, 4.69) is 40.6 Å². The van der Waals surface area contributed by atoms with Crippen molar-refractivity contribution in [3.63, 3.8) is 0 Å². The molecule has 3 N–H and O–H groups in total. The number of carbonyl (C=O) groups excluding carboxylic acids is 4. The molecule has 0 spiro atoms. The molecule has 0 radical (unpaired) electrons. The first-order valence-corrected chi connectivity index (χ1v) is 22.6. The van der Waals surface area contributed by atoms with Gasteiger partial charge >= 0.3 is 6.18 Å². The van der Waals surface area contributed by atoms with Crippen LogP contribution in [0.15, 0.2) is 66.9 Å². The van der Waals surface area contributed by atoms with E-state index in [9.17, 15) is 40.8 Å². The molecule has 338 valence electrons. The zero-order chi connectivity index (χ0) is 45.5. The molecule has 0 saturated carbocycles. The Hall–Kier alpha value is -6.19. The second-order valence-corrected chi connectivity index (χ2v) is 18.4. The van der Waals surface area contributed by atoms with Gasteiger partial charge < -0.3 is 15.5 Å². The Labute approximate surface area is 366 Å². The van der Waals surface area contributed by atoms with Gasteiger partial charge in [0.15, 0.2) is 0 Å². The largest absolute Gasteiger partial charge is 0.421 e. The number of fused-ring (bicyclic) bond motifs is 1. The molecular formula is C43H46F4N10O6S. The molecule has 1 aromatic heterocycles. The number of hydrogen-bond acceptors (Lipinski definition) is 13. The van der Waals surface area contributed by atoms with Crippen molar-refractivity contribution in [1.29, 1.82) is 0 Å². The first-order valence-electron chi connectivity index (χ1n) is 20.8. The molecule has 4 amide bonds. The number of benzene rings is 3. The molecule has 1 unspecified atom stereocenters. The van der Waals surface area contributed by atoms with E-state index in [0.29, 0.717) is 41.3 Å². The summed E-state index contributed by atoms with van der Waals surface area (Å²) >= 11 is 0. The number of hydrogen-bond donors (Lipinski definition) is 3. The third-order valence-corrected chi connectivity index (χ3v) is 13.4. The van der Waals surface area contributed by atoms with Crippen LogP contribution in [-0.4, -0.2) is 121 Å². The van der Waals surface area contributed by atoms with Gasteiger partial charge in [-0.2, -0.15) is 18.2 Å². The zero-order valence-electron chi connectivity index (χ0n) is 35.0. The van der Waals surface area contributed by atoms with E-state index < -0.39 is 63.1 Å². The molecule has 5 heterocycles. The standard InChI is InChI=1S/C43H46F4N10O6S/c1-53(64(2,62)63)31-5-3-4-26(20-31)23-48-38-33(43(45,46)47)24-49-42(52-38)50-28-6-8-29(9-7-28)55-14-12-30(13-15-55)56-18-16-54(17-19-56)25-27-21-32-37(34(44)22-27)41(61)57(40(32)60)35-10-11-36(58)51-39(35)59/h3-9,20-22,24,30,35H,10-19,23,25H2,1-2H3,(H,51,58,59)(H2,48,49,50,52). The molecule has 0 aliphatic carbocycles. The highest BCUT2D eigenvalue weighted by molar-refractivity contribution is 7.92. The number of sulfonamides is 1. The summed E-state index contributed by atoms with van der Waals surface area (Å²) in [5.74, 6) is -4.13. The van der Waals surface area contributed by atoms with Crippen LogP contribution in [0.5, 0.6) is 0 Å². The molecule has 16 nitrogen and oxygen atoms in total. The van der Waals surface area contributed by atoms with E-state index in [4.69, 9.17) is 0 Å². The van der Waals surface area contributed by atoms with Crippen molar-refractivity contribution in [2.45, 2.75) is 57.0 Å². The smallest absolute Gasteiger partial charge is 0.371 e. The lowest BCUT2D eigenvalue weighted by Crippen LogP contribution is -2.54. The van der Waals surface area contributed by atoms with Gasteiger partial charge in [0.05, 0.1) is 23.1 Å². The number of alkyl halides is 3. The molecule has 3 fully saturated rings. The summed E-state index contributed by atoms with van der Waals surface area (Å²) in [4.78, 5) is 66.1. The predicted molar refractivity (Wildman–Crippen MR) is 229 cm³/mol. The fourth-order valence-corrected chi connectivity index (χ4v) is 9.13. The molecule has 8 rings (SSSR count). The van der Waals surface area contributed by atoms with E-state index in [1.165, 1.54) is 19.2 Å². The number of anilines is 5. The van der Waals surface area contributed by atoms with Crippen molar-refractivity contribution in [2.24, 2.45) is 0 Å². The number of piperidine rings is 2. The lowest BCUT2D eigenvalue weighted by molar-refractivity contribution is -0.138. The van der Waals surface area contributed by atoms with Crippen molar-refractivity contribution in [3.05, 3.63) is 100 Å². The number of halogens is 4. The number of rotatable bonds is 12. The van der Waals surface area contributed by atoms with Crippen molar-refractivity contribution >= 4 is 62.5 Å². The van der Waals surface area contributed by atoms with E-state index in [-0.39, 0.29) is 36.5 Å². The molecule has 21 heteroatoms. The van der Waals surface area contributed by atoms with E-state index in [0.717, 1.165) is 73.3 Å². The second kappa shape index (κ2) is 17.8. The SMILES string of the molecule is CN(c1cccc(CNc2nc(Nc3ccc(N4CCC(N5CCN(Cc6cc(F)c7c(c6)C(=O)N(C6CCC(=O)NC6=O)C7=O)CC5)CC4)cc3)ncc2C(F)(F)F)c1)S(C)(=O)=O. The van der Waals surface area contributed by atoms with Crippen LogP contribution in [0.3, 0.4) is 0 Å². The van der Waals surface area contributed by atoms with Crippen molar-refractivity contribution < 1.29 is 45.2 Å². The summed E-state index contributed by atoms with van der Waals surface area (Å²) < 4.78 is 82.2. The summed E-state index contributed by atoms with van der Waals surface area (Å²) in [5.41, 5.74) is 1.57. The lowest BCUT2D eigenvalue weighted by Gasteiger charge is -2.43. The summed E-state index contributed by atoms with van der Waals surface area (Å²) in [5, 5.41) is 7.88. The van der Waals surface area contributed by atoms with Gasteiger partial charge in [-0.3, -0.25) is 43.5 Å². The normalized spacial score (nSPS) is 19.2. The minimum absolute atomic E-state index is 0.00957. The number of imide groups is 2. The van der Waals surface area contributed by atoms with E-state index >= 15 is 4.39 Å². The van der Waals surface area contributed by atoms with Gasteiger partial charge in [-0.1, -0.05) is 12.1 Å². The topological polar surface area (TPSA) is 180 Å². The highest BCUT2D eigenvalue weighted by Crippen LogP contribution is 2.35. The Bertz CT molecular complexity index is 2580. The zero-order valence-corrected chi connectivity index (χ0v) is 35.8. The van der Waals surface area contributed by atoms with E-state index in [1.54, 1.807) is 24.3 Å². The minimum atomic E-state index is -4.73. The van der Waals surface area contributed by atoms with Gasteiger partial charge in [-0.15, -0.1) is 0 Å². The summed E-state index contributed by atoms with van der Waals surface area (Å²) in [6.07, 6.45) is -1.12. The van der Waals surface area contributed by atoms with Crippen molar-refractivity contribution in [2.75, 3.05) is 72.4 Å². The van der Waals surface area contributed by atoms with Crippen molar-refractivity contribution in [1.82, 2.24) is 30.0 Å². The Kier molecular flexibility index (Phi) is 12.3. The Morgan fingerprint density at radius 3 is 2.28 bits per heavy atom. The Morgan fingerprint density at radius 1 is 0.891 bits per heavy atom. The molecular weight excluding hydrogens is 861 g/mol. The molecule has 4 aromatic rings. The monoisotopic (exact) mass is 906 g/mol. The Morgan fingerprint density at radius 2 is 1.61 bits per heavy atom. The average Bonchev–Trinajstić information content (AvgIpc) is 3.51. The van der Waals surface area contributed by atoms with Gasteiger partial charge in [0.1, 0.15) is 23.2 Å². The van der Waals surface area contributed by atoms with Gasteiger partial charge in [0.25, 0.3) is 11.8 Å². The third kappa shape index (κ3) is 9.51. The fourth-order valence-electron chi connectivity index (χ4n) is 8.64. The lowest BCUT2D eigenvalue weighted by atomic mass is 10.0. The maximum atomic E-state index is 15.3. The van der Waals surface area contributed by atoms with Crippen LogP contribution in [-0.2, 0) is 38.9 Å². The summed E-state index contributed by atoms with van der Waals surface area (Å²) in [6.45, 7) is 5.02. The number of carbonyl (C=O) groups is 4. The Balaban J connectivity index is 0.821. The molecule has 64 heavy (non-hydrogen) atoms.